The summed E-state index contributed by atoms with van der Waals surface area (Å²) in [6.45, 7) is 0. The van der Waals surface area contributed by atoms with E-state index < -0.39 is 7.49 Å². The lowest BCUT2D eigenvalue weighted by Gasteiger charge is -2.23. The maximum atomic E-state index is 13.0. The molecule has 39 heavy (non-hydrogen) atoms. The van der Waals surface area contributed by atoms with Gasteiger partial charge >= 0.3 is 0 Å². The van der Waals surface area contributed by atoms with Crippen LogP contribution in [0.1, 0.15) is 0 Å². The highest BCUT2D eigenvalue weighted by atomic mass is 31.2. The molecule has 8 aromatic rings. The Morgan fingerprint density at radius 2 is 1.15 bits per heavy atom. The third kappa shape index (κ3) is 3.15. The second kappa shape index (κ2) is 8.47. The Morgan fingerprint density at radius 1 is 0.513 bits per heavy atom. The summed E-state index contributed by atoms with van der Waals surface area (Å²) in [5.74, 6) is 0. The van der Waals surface area contributed by atoms with E-state index in [1.54, 1.807) is 0 Å². The van der Waals surface area contributed by atoms with E-state index in [1.165, 1.54) is 5.39 Å². The second-order valence-electron chi connectivity index (χ2n) is 9.95. The summed E-state index contributed by atoms with van der Waals surface area (Å²) >= 11 is 0. The third-order valence-corrected chi connectivity index (χ3v) is 11.0. The van der Waals surface area contributed by atoms with Crippen molar-refractivity contribution in [2.24, 2.45) is 0 Å². The van der Waals surface area contributed by atoms with Crippen LogP contribution in [-0.2, 0) is 0 Å². The van der Waals surface area contributed by atoms with E-state index in [-0.39, 0.29) is 0 Å². The van der Waals surface area contributed by atoms with Gasteiger partial charge in [0.15, 0.2) is 0 Å². The van der Waals surface area contributed by atoms with Crippen LogP contribution in [0.25, 0.3) is 49.1 Å². The number of para-hydroxylation sites is 2. The fourth-order valence-corrected chi connectivity index (χ4v) is 9.06. The summed E-state index contributed by atoms with van der Waals surface area (Å²) in [5, 5.41) is 8.45. The van der Waals surface area contributed by atoms with Crippen molar-refractivity contribution in [1.29, 1.82) is 0 Å². The molecule has 0 unspecified atom stereocenters. The molecule has 2 heterocycles. The number of pyridine rings is 1. The number of nitrogens with zero attached hydrogens (tertiary/aromatic N) is 2. The lowest BCUT2D eigenvalue weighted by Crippen LogP contribution is -2.31. The Hall–Kier alpha value is -4.56. The number of aromatic nitrogens is 2. The number of hydrogen-bond acceptors (Lipinski definition) is 2. The normalized spacial score (nSPS) is 12.2. The topological polar surface area (TPSA) is 37.5 Å². The van der Waals surface area contributed by atoms with Gasteiger partial charge < -0.3 is 0 Å². The smallest absolute Gasteiger partial charge is 0.239 e. The monoisotopic (exact) mass is 519 g/mol. The van der Waals surface area contributed by atoms with E-state index >= 15 is 0 Å². The van der Waals surface area contributed by atoms with Gasteiger partial charge in [0.05, 0.1) is 21.9 Å². The molecule has 1 N–H and O–H groups in total. The number of benzene rings is 6. The van der Waals surface area contributed by atoms with Gasteiger partial charge in [-0.25, -0.2) is 9.88 Å². The van der Waals surface area contributed by atoms with Crippen molar-refractivity contribution in [3.05, 3.63) is 140 Å². The van der Waals surface area contributed by atoms with E-state index in [1.807, 2.05) is 42.5 Å². The molecule has 0 bridgehead atoms. The number of rotatable bonds is 3. The van der Waals surface area contributed by atoms with Crippen molar-refractivity contribution in [3.8, 4) is 0 Å². The molecule has 0 spiro atoms. The summed E-state index contributed by atoms with van der Waals surface area (Å²) in [4.78, 5) is 18.2. The van der Waals surface area contributed by atoms with Gasteiger partial charge in [0.2, 0.25) is 7.49 Å². The number of fused-ring (bicyclic) bond motifs is 10. The molecule has 0 fully saturated rings. The van der Waals surface area contributed by atoms with Crippen molar-refractivity contribution in [2.75, 3.05) is 0 Å². The molecule has 0 saturated carbocycles. The van der Waals surface area contributed by atoms with Gasteiger partial charge in [0.1, 0.15) is 21.6 Å². The van der Waals surface area contributed by atoms with Gasteiger partial charge in [-0.05, 0) is 64.7 Å². The van der Waals surface area contributed by atoms with E-state index in [0.717, 1.165) is 59.7 Å². The molecule has 0 aliphatic carbocycles. The van der Waals surface area contributed by atoms with Gasteiger partial charge in [-0.2, -0.15) is 0 Å². The Balaban J connectivity index is 1.65. The fourth-order valence-electron chi connectivity index (χ4n) is 6.13. The minimum atomic E-state index is -2.99. The molecular weight excluding hydrogens is 495 g/mol. The summed E-state index contributed by atoms with van der Waals surface area (Å²) < 4.78 is 2.28. The van der Waals surface area contributed by atoms with Crippen molar-refractivity contribution in [1.82, 2.24) is 9.38 Å². The standard InChI is InChI=1S/C35H24N2OP/c38-39(25-13-3-1-4-14-25,26-15-5-2-6-16-26)32-21-11-20-31-34(32)28-23-22-24-12-7-8-17-27(24)33(28)35-36-29-18-9-10-19-30(29)37(31)35/h1-23,38H/q+1. The minimum absolute atomic E-state index is 0.938. The van der Waals surface area contributed by atoms with Crippen LogP contribution in [0.4, 0.5) is 0 Å². The van der Waals surface area contributed by atoms with Crippen LogP contribution in [0, 0.1) is 0 Å². The van der Waals surface area contributed by atoms with Crippen molar-refractivity contribution >= 4 is 72.5 Å². The van der Waals surface area contributed by atoms with Gasteiger partial charge in [0, 0.05) is 5.39 Å². The average Bonchev–Trinajstić information content (AvgIpc) is 3.41. The van der Waals surface area contributed by atoms with Crippen LogP contribution >= 0.6 is 7.49 Å². The molecule has 0 saturated heterocycles. The van der Waals surface area contributed by atoms with E-state index in [4.69, 9.17) is 4.98 Å². The summed E-state index contributed by atoms with van der Waals surface area (Å²) in [6.07, 6.45) is 0. The van der Waals surface area contributed by atoms with Crippen LogP contribution in [0.15, 0.2) is 140 Å². The molecule has 0 aliphatic heterocycles. The van der Waals surface area contributed by atoms with Crippen molar-refractivity contribution in [2.45, 2.75) is 0 Å². The molecule has 0 atom stereocenters. The SMILES string of the molecule is O[P+](c1ccccc1)(c1ccccc1)c1cccc2c1c1ccc3ccccc3c1c1nc3ccccc3n21. The first-order valence-electron chi connectivity index (χ1n) is 13.1. The Morgan fingerprint density at radius 3 is 1.92 bits per heavy atom. The minimum Gasteiger partial charge on any atom is -0.292 e. The average molecular weight is 520 g/mol. The predicted octanol–water partition coefficient (Wildman–Crippen LogP) is 7.15. The summed E-state index contributed by atoms with van der Waals surface area (Å²) in [6, 6.07) is 47.9. The highest BCUT2D eigenvalue weighted by Crippen LogP contribution is 2.53. The molecule has 4 heteroatoms. The van der Waals surface area contributed by atoms with Crippen LogP contribution in [0.5, 0.6) is 0 Å². The quantitative estimate of drug-likeness (QED) is 0.199. The highest BCUT2D eigenvalue weighted by Gasteiger charge is 2.46. The zero-order chi connectivity index (χ0) is 26.0. The fraction of sp³-hybridized carbons (Fsp3) is 0. The maximum absolute atomic E-state index is 13.0. The van der Waals surface area contributed by atoms with E-state index in [0.29, 0.717) is 0 Å². The van der Waals surface area contributed by atoms with Crippen LogP contribution in [0.3, 0.4) is 0 Å². The zero-order valence-electron chi connectivity index (χ0n) is 21.1. The lowest BCUT2D eigenvalue weighted by atomic mass is 9.99. The molecule has 6 aromatic carbocycles. The molecule has 8 rings (SSSR count). The summed E-state index contributed by atoms with van der Waals surface area (Å²) in [7, 11) is -2.99. The molecule has 3 nitrogen and oxygen atoms in total. The molecule has 0 amide bonds. The molecule has 184 valence electrons. The maximum Gasteiger partial charge on any atom is 0.239 e. The van der Waals surface area contributed by atoms with E-state index in [9.17, 15) is 4.89 Å². The molecule has 0 aliphatic rings. The third-order valence-electron chi connectivity index (χ3n) is 7.85. The molecule has 0 radical (unpaired) electrons. The van der Waals surface area contributed by atoms with Crippen molar-refractivity contribution < 1.29 is 4.89 Å². The van der Waals surface area contributed by atoms with Crippen LogP contribution < -0.4 is 15.9 Å². The van der Waals surface area contributed by atoms with Gasteiger partial charge in [-0.15, -0.1) is 0 Å². The highest BCUT2D eigenvalue weighted by molar-refractivity contribution is 7.91. The first kappa shape index (κ1) is 22.4. The summed E-state index contributed by atoms with van der Waals surface area (Å²) in [5.41, 5.74) is 4.00. The largest absolute Gasteiger partial charge is 0.292 e. The first-order valence-corrected chi connectivity index (χ1v) is 14.9. The number of hydrogen-bond donors (Lipinski definition) is 1. The first-order chi connectivity index (χ1) is 19.2. The number of imidazole rings is 1. The lowest BCUT2D eigenvalue weighted by molar-refractivity contribution is 0.633. The molecule has 2 aromatic heterocycles. The second-order valence-corrected chi connectivity index (χ2v) is 12.7. The van der Waals surface area contributed by atoms with E-state index in [2.05, 4.69) is 101 Å². The zero-order valence-corrected chi connectivity index (χ0v) is 22.0. The Bertz CT molecular complexity index is 2150. The van der Waals surface area contributed by atoms with Gasteiger partial charge in [-0.3, -0.25) is 4.40 Å². The van der Waals surface area contributed by atoms with Crippen LogP contribution in [0.2, 0.25) is 0 Å². The van der Waals surface area contributed by atoms with Crippen LogP contribution in [-0.4, -0.2) is 14.3 Å². The predicted molar refractivity (Wildman–Crippen MR) is 166 cm³/mol. The van der Waals surface area contributed by atoms with Crippen molar-refractivity contribution in [3.63, 3.8) is 0 Å². The van der Waals surface area contributed by atoms with Gasteiger partial charge in [-0.1, -0.05) is 91.0 Å². The van der Waals surface area contributed by atoms with Gasteiger partial charge in [0.25, 0.3) is 0 Å². The Labute approximate surface area is 226 Å². The molecular formula is C35H24N2OP+. The Kier molecular flexibility index (Phi) is 4.87.